The first-order chi connectivity index (χ1) is 5.79. The van der Waals surface area contributed by atoms with Crippen LogP contribution in [0.3, 0.4) is 0 Å². The number of rotatable bonds is 0. The van der Waals surface area contributed by atoms with Gasteiger partial charge in [-0.25, -0.2) is 0 Å². The van der Waals surface area contributed by atoms with Crippen LogP contribution in [-0.2, 0) is 0 Å². The molecule has 70 valence electrons. The molecule has 0 aliphatic heterocycles. The van der Waals surface area contributed by atoms with E-state index in [4.69, 9.17) is 17.3 Å². The molecule has 0 atom stereocenters. The van der Waals surface area contributed by atoms with Crippen molar-refractivity contribution in [3.05, 3.63) is 29.3 Å². The van der Waals surface area contributed by atoms with Crippen molar-refractivity contribution in [2.45, 2.75) is 27.7 Å². The third-order valence-corrected chi connectivity index (χ3v) is 1.12. The lowest BCUT2D eigenvalue weighted by Crippen LogP contribution is -1.80. The Balaban J connectivity index is 0. The number of anilines is 1. The Morgan fingerprint density at radius 2 is 1.25 bits per heavy atom. The fourth-order valence-electron chi connectivity index (χ4n) is 0.463. The number of nitrogens with two attached hydrogens (primary N) is 1. The molecule has 1 aromatic carbocycles. The summed E-state index contributed by atoms with van der Waals surface area (Å²) < 4.78 is 0. The average Bonchev–Trinajstić information content (AvgIpc) is 2.17. The molecule has 0 aliphatic carbocycles. The lowest BCUT2D eigenvalue weighted by atomic mass is 10.3. The highest BCUT2D eigenvalue weighted by Crippen LogP contribution is 2.09. The highest BCUT2D eigenvalue weighted by atomic mass is 35.5. The Bertz CT molecular complexity index is 149. The molecule has 1 nitrogen and oxygen atoms in total. The lowest BCUT2D eigenvalue weighted by Gasteiger charge is -1.88. The van der Waals surface area contributed by atoms with Crippen LogP contribution in [-0.4, -0.2) is 0 Å². The second kappa shape index (κ2) is 10.3. The normalized spacial score (nSPS) is 7.08. The van der Waals surface area contributed by atoms with Gasteiger partial charge in [-0.3, -0.25) is 0 Å². The Kier molecular flexibility index (Phi) is 11.9. The molecule has 0 saturated carbocycles. The van der Waals surface area contributed by atoms with Crippen molar-refractivity contribution in [3.63, 3.8) is 0 Å². The van der Waals surface area contributed by atoms with Gasteiger partial charge in [0.2, 0.25) is 0 Å². The number of nitrogen functional groups attached to an aromatic ring is 1. The van der Waals surface area contributed by atoms with Crippen molar-refractivity contribution < 1.29 is 0 Å². The summed E-state index contributed by atoms with van der Waals surface area (Å²) in [7, 11) is 0. The molecule has 0 spiro atoms. The zero-order valence-electron chi connectivity index (χ0n) is 8.26. The number of hydrogen-bond acceptors (Lipinski definition) is 1. The van der Waals surface area contributed by atoms with Crippen LogP contribution in [0.5, 0.6) is 0 Å². The molecule has 0 aromatic heterocycles. The predicted octanol–water partition coefficient (Wildman–Crippen LogP) is 3.97. The molecule has 1 aromatic rings. The van der Waals surface area contributed by atoms with E-state index in [0.717, 1.165) is 10.7 Å². The topological polar surface area (TPSA) is 26.0 Å². The minimum Gasteiger partial charge on any atom is -0.399 e. The first-order valence-corrected chi connectivity index (χ1v) is 4.68. The zero-order chi connectivity index (χ0) is 9.98. The van der Waals surface area contributed by atoms with E-state index in [1.54, 1.807) is 24.3 Å². The van der Waals surface area contributed by atoms with Crippen LogP contribution in [0.1, 0.15) is 27.7 Å². The number of halogens is 1. The van der Waals surface area contributed by atoms with Crippen LogP contribution in [0, 0.1) is 0 Å². The monoisotopic (exact) mass is 187 g/mol. The van der Waals surface area contributed by atoms with E-state index in [2.05, 4.69) is 0 Å². The Morgan fingerprint density at radius 3 is 1.50 bits per heavy atom. The molecule has 2 N–H and O–H groups in total. The molecular weight excluding hydrogens is 170 g/mol. The molecule has 0 fully saturated rings. The molecule has 0 amide bonds. The van der Waals surface area contributed by atoms with Crippen LogP contribution in [0.15, 0.2) is 24.3 Å². The molecular formula is C10H18ClN. The first-order valence-electron chi connectivity index (χ1n) is 4.30. The quantitative estimate of drug-likeness (QED) is 0.611. The fourth-order valence-corrected chi connectivity index (χ4v) is 0.589. The minimum absolute atomic E-state index is 0.721. The van der Waals surface area contributed by atoms with Gasteiger partial charge >= 0.3 is 0 Å². The van der Waals surface area contributed by atoms with Gasteiger partial charge in [0.15, 0.2) is 0 Å². The molecule has 12 heavy (non-hydrogen) atoms. The number of hydrogen-bond donors (Lipinski definition) is 1. The van der Waals surface area contributed by atoms with Gasteiger partial charge in [0.1, 0.15) is 0 Å². The van der Waals surface area contributed by atoms with Gasteiger partial charge in [0, 0.05) is 10.7 Å². The maximum Gasteiger partial charge on any atom is 0.0407 e. The molecule has 0 aliphatic rings. The largest absolute Gasteiger partial charge is 0.399 e. The first kappa shape index (κ1) is 13.9. The summed E-state index contributed by atoms with van der Waals surface area (Å²) in [5.41, 5.74) is 6.11. The standard InChI is InChI=1S/C6H6ClN.2C2H6/c7-5-1-3-6(8)4-2-5;2*1-2/h1-4H,8H2;2*1-2H3. The fraction of sp³-hybridized carbons (Fsp3) is 0.400. The van der Waals surface area contributed by atoms with Gasteiger partial charge in [0.25, 0.3) is 0 Å². The zero-order valence-corrected chi connectivity index (χ0v) is 9.02. The van der Waals surface area contributed by atoms with Crippen LogP contribution >= 0.6 is 11.6 Å². The highest BCUT2D eigenvalue weighted by molar-refractivity contribution is 6.30. The van der Waals surface area contributed by atoms with Gasteiger partial charge in [-0.2, -0.15) is 0 Å². The van der Waals surface area contributed by atoms with Crippen molar-refractivity contribution in [2.24, 2.45) is 0 Å². The van der Waals surface area contributed by atoms with E-state index in [0.29, 0.717) is 0 Å². The average molecular weight is 188 g/mol. The van der Waals surface area contributed by atoms with E-state index < -0.39 is 0 Å². The van der Waals surface area contributed by atoms with Crippen LogP contribution in [0.4, 0.5) is 5.69 Å². The second-order valence-electron chi connectivity index (χ2n) is 1.55. The third kappa shape index (κ3) is 7.42. The number of benzene rings is 1. The summed E-state index contributed by atoms with van der Waals surface area (Å²) in [5.74, 6) is 0. The smallest absolute Gasteiger partial charge is 0.0407 e. The van der Waals surface area contributed by atoms with Crippen molar-refractivity contribution in [3.8, 4) is 0 Å². The molecule has 0 radical (unpaired) electrons. The highest BCUT2D eigenvalue weighted by Gasteiger charge is 1.82. The van der Waals surface area contributed by atoms with Gasteiger partial charge in [0.05, 0.1) is 0 Å². The summed E-state index contributed by atoms with van der Waals surface area (Å²) in [5, 5.41) is 0.721. The Hall–Kier alpha value is -0.690. The van der Waals surface area contributed by atoms with E-state index in [1.165, 1.54) is 0 Å². The van der Waals surface area contributed by atoms with Gasteiger partial charge in [-0.15, -0.1) is 0 Å². The maximum atomic E-state index is 5.56. The SMILES string of the molecule is CC.CC.Nc1ccc(Cl)cc1. The van der Waals surface area contributed by atoms with Crippen LogP contribution in [0.2, 0.25) is 5.02 Å². The Labute approximate surface area is 80.5 Å². The van der Waals surface area contributed by atoms with E-state index in [-0.39, 0.29) is 0 Å². The maximum absolute atomic E-state index is 5.56. The van der Waals surface area contributed by atoms with Gasteiger partial charge in [-0.1, -0.05) is 39.3 Å². The Morgan fingerprint density at radius 1 is 0.917 bits per heavy atom. The molecule has 0 unspecified atom stereocenters. The van der Waals surface area contributed by atoms with E-state index in [9.17, 15) is 0 Å². The third-order valence-electron chi connectivity index (χ3n) is 0.870. The second-order valence-corrected chi connectivity index (χ2v) is 1.99. The van der Waals surface area contributed by atoms with E-state index >= 15 is 0 Å². The predicted molar refractivity (Wildman–Crippen MR) is 58.6 cm³/mol. The molecule has 1 rings (SSSR count). The van der Waals surface area contributed by atoms with Crippen molar-refractivity contribution >= 4 is 17.3 Å². The van der Waals surface area contributed by atoms with Crippen molar-refractivity contribution in [1.82, 2.24) is 0 Å². The van der Waals surface area contributed by atoms with E-state index in [1.807, 2.05) is 27.7 Å². The van der Waals surface area contributed by atoms with Crippen LogP contribution in [0.25, 0.3) is 0 Å². The van der Waals surface area contributed by atoms with Crippen LogP contribution < -0.4 is 5.73 Å². The molecule has 0 bridgehead atoms. The lowest BCUT2D eigenvalue weighted by molar-refractivity contribution is 1.50. The minimum atomic E-state index is 0.721. The van der Waals surface area contributed by atoms with Crippen molar-refractivity contribution in [1.29, 1.82) is 0 Å². The molecule has 0 saturated heterocycles. The van der Waals surface area contributed by atoms with Gasteiger partial charge in [-0.05, 0) is 24.3 Å². The van der Waals surface area contributed by atoms with Crippen molar-refractivity contribution in [2.75, 3.05) is 5.73 Å². The summed E-state index contributed by atoms with van der Waals surface area (Å²) >= 11 is 5.56. The summed E-state index contributed by atoms with van der Waals surface area (Å²) in [4.78, 5) is 0. The summed E-state index contributed by atoms with van der Waals surface area (Å²) in [6.07, 6.45) is 0. The molecule has 2 heteroatoms. The molecule has 0 heterocycles. The summed E-state index contributed by atoms with van der Waals surface area (Å²) in [6.45, 7) is 8.00. The summed E-state index contributed by atoms with van der Waals surface area (Å²) in [6, 6.07) is 7.05. The van der Waals surface area contributed by atoms with Gasteiger partial charge < -0.3 is 5.73 Å².